The minimum atomic E-state index is -3.53. The maximum Gasteiger partial charge on any atom is 0.233 e. The van der Waals surface area contributed by atoms with E-state index in [1.54, 1.807) is 12.1 Å². The van der Waals surface area contributed by atoms with E-state index >= 15 is 0 Å². The fourth-order valence-corrected chi connectivity index (χ4v) is 3.60. The van der Waals surface area contributed by atoms with Crippen molar-refractivity contribution in [2.45, 2.75) is 25.2 Å². The van der Waals surface area contributed by atoms with Crippen LogP contribution in [0.3, 0.4) is 0 Å². The number of fused-ring (bicyclic) bond motifs is 1. The molecule has 88 valence electrons. The predicted molar refractivity (Wildman–Crippen MR) is 61.7 cm³/mol. The first kappa shape index (κ1) is 11.9. The molecule has 0 saturated carbocycles. The standard InChI is InChI=1S/C11H12ClFO2S/c12-16(14,15)7-8-3-1-5-10-9(8)4-2-6-11(10)13/h2,4,6,8H,1,3,5,7H2. The molecule has 1 aromatic rings. The van der Waals surface area contributed by atoms with Gasteiger partial charge in [0.25, 0.3) is 0 Å². The monoisotopic (exact) mass is 262 g/mol. The SMILES string of the molecule is O=S(=O)(Cl)CC1CCCc2c(F)cccc21. The Balaban J connectivity index is 2.37. The van der Waals surface area contributed by atoms with Crippen molar-refractivity contribution in [2.75, 3.05) is 5.75 Å². The smallest absolute Gasteiger partial charge is 0.212 e. The van der Waals surface area contributed by atoms with Gasteiger partial charge in [-0.3, -0.25) is 0 Å². The second-order valence-electron chi connectivity index (χ2n) is 4.10. The minimum absolute atomic E-state index is 0.106. The quantitative estimate of drug-likeness (QED) is 0.768. The zero-order valence-electron chi connectivity index (χ0n) is 8.62. The van der Waals surface area contributed by atoms with E-state index in [9.17, 15) is 12.8 Å². The first-order valence-electron chi connectivity index (χ1n) is 5.17. The van der Waals surface area contributed by atoms with Gasteiger partial charge in [0.1, 0.15) is 5.82 Å². The largest absolute Gasteiger partial charge is 0.233 e. The Hall–Kier alpha value is -0.610. The molecule has 0 amide bonds. The lowest BCUT2D eigenvalue weighted by atomic mass is 9.84. The van der Waals surface area contributed by atoms with Crippen LogP contribution in [-0.2, 0) is 15.5 Å². The molecule has 0 aromatic heterocycles. The summed E-state index contributed by atoms with van der Waals surface area (Å²) in [5.74, 6) is -0.513. The zero-order chi connectivity index (χ0) is 11.8. The molecule has 5 heteroatoms. The second-order valence-corrected chi connectivity index (χ2v) is 6.92. The van der Waals surface area contributed by atoms with Gasteiger partial charge in [-0.25, -0.2) is 12.8 Å². The van der Waals surface area contributed by atoms with Gasteiger partial charge in [0.2, 0.25) is 9.05 Å². The van der Waals surface area contributed by atoms with Crippen molar-refractivity contribution in [3.05, 3.63) is 35.1 Å². The fraction of sp³-hybridized carbons (Fsp3) is 0.455. The van der Waals surface area contributed by atoms with Gasteiger partial charge in [-0.1, -0.05) is 12.1 Å². The topological polar surface area (TPSA) is 34.1 Å². The third-order valence-electron chi connectivity index (χ3n) is 2.97. The van der Waals surface area contributed by atoms with Gasteiger partial charge in [-0.05, 0) is 42.4 Å². The van der Waals surface area contributed by atoms with Crippen LogP contribution >= 0.6 is 10.7 Å². The molecule has 1 unspecified atom stereocenters. The van der Waals surface area contributed by atoms with Crippen LogP contribution in [0.15, 0.2) is 18.2 Å². The molecule has 1 aliphatic rings. The zero-order valence-corrected chi connectivity index (χ0v) is 10.2. The molecule has 0 aliphatic heterocycles. The van der Waals surface area contributed by atoms with Gasteiger partial charge in [0, 0.05) is 10.7 Å². The molecule has 2 nitrogen and oxygen atoms in total. The summed E-state index contributed by atoms with van der Waals surface area (Å²) in [6, 6.07) is 4.83. The van der Waals surface area contributed by atoms with Crippen LogP contribution in [0, 0.1) is 5.82 Å². The van der Waals surface area contributed by atoms with Gasteiger partial charge in [0.15, 0.2) is 0 Å². The summed E-state index contributed by atoms with van der Waals surface area (Å²) in [5, 5.41) is 0. The fourth-order valence-electron chi connectivity index (χ4n) is 2.32. The number of benzene rings is 1. The van der Waals surface area contributed by atoms with Gasteiger partial charge < -0.3 is 0 Å². The van der Waals surface area contributed by atoms with Crippen LogP contribution in [0.2, 0.25) is 0 Å². The summed E-state index contributed by atoms with van der Waals surface area (Å²) >= 11 is 0. The average molecular weight is 263 g/mol. The van der Waals surface area contributed by atoms with Crippen molar-refractivity contribution in [1.82, 2.24) is 0 Å². The van der Waals surface area contributed by atoms with Crippen molar-refractivity contribution in [3.8, 4) is 0 Å². The van der Waals surface area contributed by atoms with Crippen LogP contribution in [0.25, 0.3) is 0 Å². The Morgan fingerprint density at radius 1 is 1.44 bits per heavy atom. The van der Waals surface area contributed by atoms with E-state index in [2.05, 4.69) is 0 Å². The normalized spacial score (nSPS) is 20.5. The van der Waals surface area contributed by atoms with Gasteiger partial charge in [-0.2, -0.15) is 0 Å². The molecule has 1 aromatic carbocycles. The van der Waals surface area contributed by atoms with Crippen molar-refractivity contribution in [2.24, 2.45) is 0 Å². The molecule has 1 aliphatic carbocycles. The number of halogens is 2. The first-order chi connectivity index (χ1) is 7.47. The summed E-state index contributed by atoms with van der Waals surface area (Å²) in [7, 11) is 1.72. The molecular formula is C11H12ClFO2S. The molecule has 0 heterocycles. The molecule has 2 rings (SSSR count). The first-order valence-corrected chi connectivity index (χ1v) is 7.65. The lowest BCUT2D eigenvalue weighted by Gasteiger charge is -2.24. The average Bonchev–Trinajstić information content (AvgIpc) is 2.17. The van der Waals surface area contributed by atoms with Crippen molar-refractivity contribution in [3.63, 3.8) is 0 Å². The number of hydrogen-bond acceptors (Lipinski definition) is 2. The third-order valence-corrected chi connectivity index (χ3v) is 4.15. The third kappa shape index (κ3) is 2.55. The highest BCUT2D eigenvalue weighted by molar-refractivity contribution is 8.13. The van der Waals surface area contributed by atoms with Crippen LogP contribution in [0.5, 0.6) is 0 Å². The number of rotatable bonds is 2. The Bertz CT molecular complexity index is 499. The summed E-state index contributed by atoms with van der Waals surface area (Å²) in [6.45, 7) is 0. The Morgan fingerprint density at radius 2 is 2.19 bits per heavy atom. The lowest BCUT2D eigenvalue weighted by molar-refractivity contribution is 0.536. The summed E-state index contributed by atoms with van der Waals surface area (Å²) in [5.41, 5.74) is 1.45. The molecular weight excluding hydrogens is 251 g/mol. The number of hydrogen-bond donors (Lipinski definition) is 0. The van der Waals surface area contributed by atoms with Gasteiger partial charge in [-0.15, -0.1) is 0 Å². The maximum atomic E-state index is 13.5. The summed E-state index contributed by atoms with van der Waals surface area (Å²) in [4.78, 5) is 0. The molecule has 1 atom stereocenters. The van der Waals surface area contributed by atoms with E-state index in [4.69, 9.17) is 10.7 Å². The van der Waals surface area contributed by atoms with Gasteiger partial charge >= 0.3 is 0 Å². The van der Waals surface area contributed by atoms with E-state index in [0.717, 1.165) is 18.4 Å². The Morgan fingerprint density at radius 3 is 2.88 bits per heavy atom. The molecule has 0 N–H and O–H groups in total. The summed E-state index contributed by atoms with van der Waals surface area (Å²) in [6.07, 6.45) is 2.24. The Labute approximate surface area is 98.8 Å². The molecule has 0 fully saturated rings. The van der Waals surface area contributed by atoms with E-state index in [1.807, 2.05) is 0 Å². The molecule has 0 spiro atoms. The highest BCUT2D eigenvalue weighted by atomic mass is 35.7. The second kappa shape index (κ2) is 4.34. The van der Waals surface area contributed by atoms with Crippen molar-refractivity contribution in [1.29, 1.82) is 0 Å². The van der Waals surface area contributed by atoms with Crippen LogP contribution in [0.4, 0.5) is 4.39 Å². The maximum absolute atomic E-state index is 13.5. The molecule has 16 heavy (non-hydrogen) atoms. The minimum Gasteiger partial charge on any atom is -0.212 e. The van der Waals surface area contributed by atoms with Crippen LogP contribution in [0.1, 0.15) is 29.9 Å². The van der Waals surface area contributed by atoms with E-state index in [1.165, 1.54) is 6.07 Å². The van der Waals surface area contributed by atoms with E-state index in [0.29, 0.717) is 12.0 Å². The highest BCUT2D eigenvalue weighted by Crippen LogP contribution is 2.34. The van der Waals surface area contributed by atoms with E-state index < -0.39 is 9.05 Å². The summed E-state index contributed by atoms with van der Waals surface area (Å²) < 4.78 is 35.6. The van der Waals surface area contributed by atoms with Crippen molar-refractivity contribution >= 4 is 19.7 Å². The van der Waals surface area contributed by atoms with Crippen molar-refractivity contribution < 1.29 is 12.8 Å². The highest BCUT2D eigenvalue weighted by Gasteiger charge is 2.25. The molecule has 0 saturated heterocycles. The van der Waals surface area contributed by atoms with E-state index in [-0.39, 0.29) is 17.5 Å². The lowest BCUT2D eigenvalue weighted by Crippen LogP contribution is -2.17. The van der Waals surface area contributed by atoms with Gasteiger partial charge in [0.05, 0.1) is 5.75 Å². The van der Waals surface area contributed by atoms with Crippen LogP contribution in [-0.4, -0.2) is 14.2 Å². The van der Waals surface area contributed by atoms with Crippen LogP contribution < -0.4 is 0 Å². The molecule has 0 bridgehead atoms. The predicted octanol–water partition coefficient (Wildman–Crippen LogP) is 2.81. The molecule has 0 radical (unpaired) electrons. The Kier molecular flexibility index (Phi) is 3.22.